The summed E-state index contributed by atoms with van der Waals surface area (Å²) < 4.78 is 6.08. The Hall–Kier alpha value is -0.380. The smallest absolute Gasteiger partial charge is 0.0707 e. The van der Waals surface area contributed by atoms with Gasteiger partial charge >= 0.3 is 0 Å². The van der Waals surface area contributed by atoms with E-state index in [9.17, 15) is 0 Å². The summed E-state index contributed by atoms with van der Waals surface area (Å²) in [5.74, 6) is 0. The monoisotopic (exact) mass is 238 g/mol. The second-order valence-electron chi connectivity index (χ2n) is 5.28. The fraction of sp³-hybridized carbons (Fsp3) is 0.857. The molecule has 0 aromatic heterocycles. The van der Waals surface area contributed by atoms with Gasteiger partial charge in [-0.3, -0.25) is 4.90 Å². The van der Waals surface area contributed by atoms with Gasteiger partial charge in [0.25, 0.3) is 0 Å². The van der Waals surface area contributed by atoms with Crippen molar-refractivity contribution in [1.29, 1.82) is 0 Å². The SMILES string of the molecule is C=CCN(CC)CC1CCC(CNC2CC2)O1. The summed E-state index contributed by atoms with van der Waals surface area (Å²) >= 11 is 0. The molecule has 3 heteroatoms. The van der Waals surface area contributed by atoms with E-state index in [4.69, 9.17) is 4.74 Å². The van der Waals surface area contributed by atoms with Crippen LogP contribution in [0.3, 0.4) is 0 Å². The van der Waals surface area contributed by atoms with Crippen molar-refractivity contribution >= 4 is 0 Å². The third kappa shape index (κ3) is 4.41. The van der Waals surface area contributed by atoms with Gasteiger partial charge in [-0.1, -0.05) is 13.0 Å². The van der Waals surface area contributed by atoms with Gasteiger partial charge in [-0.25, -0.2) is 0 Å². The largest absolute Gasteiger partial charge is 0.372 e. The summed E-state index contributed by atoms with van der Waals surface area (Å²) in [5.41, 5.74) is 0. The Kier molecular flexibility index (Phi) is 5.01. The number of hydrogen-bond donors (Lipinski definition) is 1. The summed E-state index contributed by atoms with van der Waals surface area (Å²) in [5, 5.41) is 3.56. The van der Waals surface area contributed by atoms with Crippen LogP contribution in [0, 0.1) is 0 Å². The van der Waals surface area contributed by atoms with Gasteiger partial charge < -0.3 is 10.1 Å². The molecule has 2 unspecified atom stereocenters. The number of hydrogen-bond acceptors (Lipinski definition) is 3. The summed E-state index contributed by atoms with van der Waals surface area (Å²) in [4.78, 5) is 2.40. The molecule has 3 nitrogen and oxygen atoms in total. The van der Waals surface area contributed by atoms with Crippen LogP contribution in [0.25, 0.3) is 0 Å². The van der Waals surface area contributed by atoms with Gasteiger partial charge in [0.15, 0.2) is 0 Å². The van der Waals surface area contributed by atoms with Crippen LogP contribution < -0.4 is 5.32 Å². The molecule has 2 aliphatic rings. The molecular weight excluding hydrogens is 212 g/mol. The number of ether oxygens (including phenoxy) is 1. The molecule has 1 N–H and O–H groups in total. The zero-order chi connectivity index (χ0) is 12.1. The molecule has 1 aliphatic carbocycles. The van der Waals surface area contributed by atoms with Crippen LogP contribution in [0.15, 0.2) is 12.7 Å². The number of rotatable bonds is 8. The van der Waals surface area contributed by atoms with Gasteiger partial charge in [-0.15, -0.1) is 6.58 Å². The molecule has 0 amide bonds. The third-order valence-electron chi connectivity index (χ3n) is 3.70. The maximum absolute atomic E-state index is 6.08. The number of nitrogens with one attached hydrogen (secondary N) is 1. The molecule has 0 aromatic carbocycles. The third-order valence-corrected chi connectivity index (χ3v) is 3.70. The van der Waals surface area contributed by atoms with Crippen LogP contribution in [0.5, 0.6) is 0 Å². The summed E-state index contributed by atoms with van der Waals surface area (Å²) in [7, 11) is 0. The average Bonchev–Trinajstić information content (AvgIpc) is 3.06. The fourth-order valence-electron chi connectivity index (χ4n) is 2.45. The Balaban J connectivity index is 1.63. The van der Waals surface area contributed by atoms with Gasteiger partial charge in [0.1, 0.15) is 0 Å². The first-order valence-electron chi connectivity index (χ1n) is 7.04. The quantitative estimate of drug-likeness (QED) is 0.653. The first-order valence-corrected chi connectivity index (χ1v) is 7.04. The van der Waals surface area contributed by atoms with Crippen molar-refractivity contribution in [1.82, 2.24) is 10.2 Å². The molecule has 1 saturated carbocycles. The second-order valence-corrected chi connectivity index (χ2v) is 5.28. The highest BCUT2D eigenvalue weighted by Gasteiger charge is 2.28. The van der Waals surface area contributed by atoms with Gasteiger partial charge in [0.2, 0.25) is 0 Å². The highest BCUT2D eigenvalue weighted by atomic mass is 16.5. The first-order chi connectivity index (χ1) is 8.31. The Morgan fingerprint density at radius 2 is 2.06 bits per heavy atom. The predicted octanol–water partition coefficient (Wildman–Crippen LogP) is 1.79. The van der Waals surface area contributed by atoms with Gasteiger partial charge in [0, 0.05) is 25.7 Å². The minimum Gasteiger partial charge on any atom is -0.372 e. The van der Waals surface area contributed by atoms with Crippen LogP contribution in [0.2, 0.25) is 0 Å². The minimum absolute atomic E-state index is 0.431. The van der Waals surface area contributed by atoms with Crippen molar-refractivity contribution < 1.29 is 4.74 Å². The van der Waals surface area contributed by atoms with E-state index in [2.05, 4.69) is 23.7 Å². The van der Waals surface area contributed by atoms with Crippen LogP contribution in [0.1, 0.15) is 32.6 Å². The van der Waals surface area contributed by atoms with Crippen molar-refractivity contribution in [2.24, 2.45) is 0 Å². The normalized spacial score (nSPS) is 28.8. The lowest BCUT2D eigenvalue weighted by Crippen LogP contribution is -2.34. The molecule has 2 atom stereocenters. The predicted molar refractivity (Wildman–Crippen MR) is 71.2 cm³/mol. The Morgan fingerprint density at radius 3 is 2.71 bits per heavy atom. The molecule has 0 radical (unpaired) electrons. The minimum atomic E-state index is 0.431. The van der Waals surface area contributed by atoms with Gasteiger partial charge in [-0.05, 0) is 32.2 Å². The zero-order valence-corrected chi connectivity index (χ0v) is 11.0. The van der Waals surface area contributed by atoms with Crippen molar-refractivity contribution in [3.05, 3.63) is 12.7 Å². The van der Waals surface area contributed by atoms with E-state index in [-0.39, 0.29) is 0 Å². The Labute approximate surface area is 105 Å². The van der Waals surface area contributed by atoms with Crippen molar-refractivity contribution in [2.75, 3.05) is 26.2 Å². The van der Waals surface area contributed by atoms with E-state index < -0.39 is 0 Å². The molecule has 98 valence electrons. The lowest BCUT2D eigenvalue weighted by molar-refractivity contribution is 0.0261. The van der Waals surface area contributed by atoms with E-state index in [0.717, 1.165) is 32.2 Å². The molecule has 0 aromatic rings. The standard InChI is InChI=1S/C14H26N2O/c1-3-9-16(4-2)11-14-8-7-13(17-14)10-15-12-5-6-12/h3,12-15H,1,4-11H2,2H3. The maximum Gasteiger partial charge on any atom is 0.0707 e. The van der Waals surface area contributed by atoms with Gasteiger partial charge in [0.05, 0.1) is 12.2 Å². The first kappa shape index (κ1) is 13.1. The molecule has 2 rings (SSSR count). The maximum atomic E-state index is 6.08. The molecule has 0 bridgehead atoms. The van der Waals surface area contributed by atoms with Crippen molar-refractivity contribution in [3.8, 4) is 0 Å². The number of nitrogens with zero attached hydrogens (tertiary/aromatic N) is 1. The van der Waals surface area contributed by atoms with Crippen LogP contribution in [-0.2, 0) is 4.74 Å². The van der Waals surface area contributed by atoms with Crippen LogP contribution in [-0.4, -0.2) is 49.3 Å². The van der Waals surface area contributed by atoms with Crippen LogP contribution in [0.4, 0.5) is 0 Å². The molecule has 2 fully saturated rings. The summed E-state index contributed by atoms with van der Waals surface area (Å²) in [6, 6.07) is 0.797. The summed E-state index contributed by atoms with van der Waals surface area (Å²) in [6.45, 7) is 10.2. The van der Waals surface area contributed by atoms with Crippen molar-refractivity contribution in [2.45, 2.75) is 50.9 Å². The van der Waals surface area contributed by atoms with E-state index in [0.29, 0.717) is 12.2 Å². The van der Waals surface area contributed by atoms with E-state index in [1.54, 1.807) is 0 Å². The van der Waals surface area contributed by atoms with Crippen molar-refractivity contribution in [3.63, 3.8) is 0 Å². The fourth-order valence-corrected chi connectivity index (χ4v) is 2.45. The average molecular weight is 238 g/mol. The highest BCUT2D eigenvalue weighted by Crippen LogP contribution is 2.23. The van der Waals surface area contributed by atoms with Gasteiger partial charge in [-0.2, -0.15) is 0 Å². The molecule has 1 saturated heterocycles. The topological polar surface area (TPSA) is 24.5 Å². The highest BCUT2D eigenvalue weighted by molar-refractivity contribution is 4.85. The lowest BCUT2D eigenvalue weighted by Gasteiger charge is -2.23. The lowest BCUT2D eigenvalue weighted by atomic mass is 10.2. The zero-order valence-electron chi connectivity index (χ0n) is 11.0. The molecule has 17 heavy (non-hydrogen) atoms. The molecule has 0 spiro atoms. The molecular formula is C14H26N2O. The Bertz CT molecular complexity index is 240. The van der Waals surface area contributed by atoms with E-state index >= 15 is 0 Å². The Morgan fingerprint density at radius 1 is 1.29 bits per heavy atom. The van der Waals surface area contributed by atoms with E-state index in [1.165, 1.54) is 25.7 Å². The number of likely N-dealkylation sites (N-methyl/N-ethyl adjacent to an activating group) is 1. The van der Waals surface area contributed by atoms with E-state index in [1.807, 2.05) is 6.08 Å². The molecule has 1 aliphatic heterocycles. The van der Waals surface area contributed by atoms with Crippen LogP contribution >= 0.6 is 0 Å². The second kappa shape index (κ2) is 6.53. The molecule has 1 heterocycles. The summed E-state index contributed by atoms with van der Waals surface area (Å²) in [6.07, 6.45) is 8.01.